The SMILES string of the molecule is c1cnc2cc(N3CCOCC3)nc(OC3CCC(Nc4ccncc4)CC3)c2c1. The maximum Gasteiger partial charge on any atom is 0.225 e. The lowest BCUT2D eigenvalue weighted by molar-refractivity contribution is 0.122. The van der Waals surface area contributed by atoms with Gasteiger partial charge in [0.25, 0.3) is 0 Å². The summed E-state index contributed by atoms with van der Waals surface area (Å²) < 4.78 is 11.9. The van der Waals surface area contributed by atoms with Crippen LogP contribution in [0.25, 0.3) is 10.9 Å². The number of ether oxygens (including phenoxy) is 2. The van der Waals surface area contributed by atoms with Crippen LogP contribution in [-0.2, 0) is 4.74 Å². The Morgan fingerprint density at radius 3 is 2.60 bits per heavy atom. The van der Waals surface area contributed by atoms with E-state index in [0.29, 0.717) is 11.9 Å². The fourth-order valence-electron chi connectivity index (χ4n) is 4.24. The highest BCUT2D eigenvalue weighted by atomic mass is 16.5. The van der Waals surface area contributed by atoms with Gasteiger partial charge in [0.15, 0.2) is 0 Å². The van der Waals surface area contributed by atoms with Crippen molar-refractivity contribution in [3.8, 4) is 5.88 Å². The molecule has 7 nitrogen and oxygen atoms in total. The first-order chi connectivity index (χ1) is 14.8. The zero-order valence-corrected chi connectivity index (χ0v) is 17.0. The van der Waals surface area contributed by atoms with Crippen molar-refractivity contribution in [2.75, 3.05) is 36.5 Å². The van der Waals surface area contributed by atoms with Crippen LogP contribution in [-0.4, -0.2) is 53.4 Å². The molecule has 1 saturated carbocycles. The molecular formula is C23H27N5O2. The van der Waals surface area contributed by atoms with Gasteiger partial charge < -0.3 is 19.7 Å². The maximum atomic E-state index is 6.45. The van der Waals surface area contributed by atoms with E-state index in [1.54, 1.807) is 0 Å². The van der Waals surface area contributed by atoms with Gasteiger partial charge in [0.05, 0.1) is 24.1 Å². The zero-order valence-electron chi connectivity index (χ0n) is 17.0. The molecule has 0 radical (unpaired) electrons. The number of hydrogen-bond donors (Lipinski definition) is 1. The van der Waals surface area contributed by atoms with E-state index in [4.69, 9.17) is 14.5 Å². The third kappa shape index (κ3) is 4.31. The quantitative estimate of drug-likeness (QED) is 0.694. The van der Waals surface area contributed by atoms with Gasteiger partial charge in [0.2, 0.25) is 5.88 Å². The smallest absolute Gasteiger partial charge is 0.225 e. The number of rotatable bonds is 5. The minimum atomic E-state index is 0.177. The van der Waals surface area contributed by atoms with Crippen LogP contribution < -0.4 is 15.0 Å². The van der Waals surface area contributed by atoms with Crippen LogP contribution in [0.2, 0.25) is 0 Å². The number of hydrogen-bond acceptors (Lipinski definition) is 7. The monoisotopic (exact) mass is 405 g/mol. The molecule has 156 valence electrons. The Hall–Kier alpha value is -2.93. The van der Waals surface area contributed by atoms with Crippen molar-refractivity contribution >= 4 is 22.4 Å². The van der Waals surface area contributed by atoms with E-state index < -0.39 is 0 Å². The highest BCUT2D eigenvalue weighted by molar-refractivity contribution is 5.85. The average Bonchev–Trinajstić information content (AvgIpc) is 2.81. The number of aromatic nitrogens is 3. The molecule has 5 rings (SSSR count). The second-order valence-electron chi connectivity index (χ2n) is 7.93. The molecule has 7 heteroatoms. The van der Waals surface area contributed by atoms with Crippen molar-refractivity contribution < 1.29 is 9.47 Å². The molecule has 4 heterocycles. The van der Waals surface area contributed by atoms with E-state index in [9.17, 15) is 0 Å². The fraction of sp³-hybridized carbons (Fsp3) is 0.435. The van der Waals surface area contributed by atoms with Crippen LogP contribution in [0.15, 0.2) is 48.9 Å². The molecule has 2 aliphatic rings. The number of morpholine rings is 1. The Morgan fingerprint density at radius 1 is 1.00 bits per heavy atom. The molecule has 3 aromatic heterocycles. The predicted octanol–water partition coefficient (Wildman–Crippen LogP) is 3.66. The molecule has 0 amide bonds. The van der Waals surface area contributed by atoms with E-state index in [2.05, 4.69) is 26.3 Å². The molecule has 0 atom stereocenters. The van der Waals surface area contributed by atoms with E-state index in [0.717, 1.165) is 74.4 Å². The Labute approximate surface area is 176 Å². The molecule has 0 bridgehead atoms. The van der Waals surface area contributed by atoms with E-state index in [1.807, 2.05) is 42.9 Å². The number of nitrogens with zero attached hydrogens (tertiary/aromatic N) is 4. The summed E-state index contributed by atoms with van der Waals surface area (Å²) in [6.45, 7) is 3.15. The standard InChI is InChI=1S/C23H27N5O2/c1-2-20-21(25-9-1)16-22(28-12-14-29-15-13-28)27-23(20)30-19-5-3-17(4-6-19)26-18-7-10-24-11-8-18/h1-2,7-11,16-17,19H,3-6,12-15H2,(H,24,26). The van der Waals surface area contributed by atoms with Crippen LogP contribution in [0.3, 0.4) is 0 Å². The maximum absolute atomic E-state index is 6.45. The van der Waals surface area contributed by atoms with Crippen molar-refractivity contribution in [2.45, 2.75) is 37.8 Å². The number of anilines is 2. The van der Waals surface area contributed by atoms with Gasteiger partial charge in [-0.2, -0.15) is 4.98 Å². The zero-order chi connectivity index (χ0) is 20.2. The summed E-state index contributed by atoms with van der Waals surface area (Å²) in [5, 5.41) is 4.59. The first-order valence-corrected chi connectivity index (χ1v) is 10.8. The minimum Gasteiger partial charge on any atom is -0.474 e. The Bertz CT molecular complexity index is 970. The molecular weight excluding hydrogens is 378 g/mol. The van der Waals surface area contributed by atoms with Gasteiger partial charge in [0.1, 0.15) is 11.9 Å². The van der Waals surface area contributed by atoms with E-state index >= 15 is 0 Å². The molecule has 1 saturated heterocycles. The van der Waals surface area contributed by atoms with Gasteiger partial charge in [-0.15, -0.1) is 0 Å². The summed E-state index contributed by atoms with van der Waals surface area (Å²) in [7, 11) is 0. The molecule has 1 aliphatic heterocycles. The molecule has 0 aromatic carbocycles. The van der Waals surface area contributed by atoms with Crippen molar-refractivity contribution in [1.29, 1.82) is 0 Å². The van der Waals surface area contributed by atoms with E-state index in [-0.39, 0.29) is 6.10 Å². The van der Waals surface area contributed by atoms with Crippen LogP contribution in [0.1, 0.15) is 25.7 Å². The van der Waals surface area contributed by atoms with Gasteiger partial charge in [-0.05, 0) is 49.9 Å². The largest absolute Gasteiger partial charge is 0.474 e. The second kappa shape index (κ2) is 8.83. The summed E-state index contributed by atoms with van der Waals surface area (Å²) in [5.74, 6) is 1.63. The third-order valence-corrected chi connectivity index (χ3v) is 5.89. The molecule has 1 N–H and O–H groups in total. The summed E-state index contributed by atoms with van der Waals surface area (Å²) in [6, 6.07) is 10.6. The number of nitrogens with one attached hydrogen (secondary N) is 1. The van der Waals surface area contributed by atoms with Crippen LogP contribution in [0.5, 0.6) is 5.88 Å². The van der Waals surface area contributed by atoms with Gasteiger partial charge in [-0.3, -0.25) is 9.97 Å². The van der Waals surface area contributed by atoms with Gasteiger partial charge in [-0.1, -0.05) is 0 Å². The van der Waals surface area contributed by atoms with Gasteiger partial charge in [-0.25, -0.2) is 0 Å². The molecule has 30 heavy (non-hydrogen) atoms. The Kier molecular flexibility index (Phi) is 5.61. The molecule has 2 fully saturated rings. The summed E-state index contributed by atoms with van der Waals surface area (Å²) >= 11 is 0. The number of fused-ring (bicyclic) bond motifs is 1. The van der Waals surface area contributed by atoms with Gasteiger partial charge >= 0.3 is 0 Å². The van der Waals surface area contributed by atoms with Crippen molar-refractivity contribution in [1.82, 2.24) is 15.0 Å². The van der Waals surface area contributed by atoms with Crippen molar-refractivity contribution in [3.63, 3.8) is 0 Å². The lowest BCUT2D eigenvalue weighted by Crippen LogP contribution is -2.37. The first kappa shape index (κ1) is 19.1. The van der Waals surface area contributed by atoms with Crippen LogP contribution in [0.4, 0.5) is 11.5 Å². The highest BCUT2D eigenvalue weighted by Crippen LogP contribution is 2.31. The van der Waals surface area contributed by atoms with Crippen molar-refractivity contribution in [3.05, 3.63) is 48.9 Å². The van der Waals surface area contributed by atoms with Gasteiger partial charge in [0, 0.05) is 49.5 Å². The number of pyridine rings is 3. The summed E-state index contributed by atoms with van der Waals surface area (Å²) in [5.41, 5.74) is 2.06. The molecule has 1 aliphatic carbocycles. The van der Waals surface area contributed by atoms with Crippen LogP contribution in [0, 0.1) is 0 Å². The Balaban J connectivity index is 1.29. The topological polar surface area (TPSA) is 72.4 Å². The predicted molar refractivity (Wildman–Crippen MR) is 117 cm³/mol. The normalized spacial score (nSPS) is 22.1. The second-order valence-corrected chi connectivity index (χ2v) is 7.93. The lowest BCUT2D eigenvalue weighted by Gasteiger charge is -2.31. The lowest BCUT2D eigenvalue weighted by atomic mass is 9.93. The third-order valence-electron chi connectivity index (χ3n) is 5.89. The summed E-state index contributed by atoms with van der Waals surface area (Å²) in [4.78, 5) is 15.8. The van der Waals surface area contributed by atoms with Crippen molar-refractivity contribution in [2.24, 2.45) is 0 Å². The first-order valence-electron chi connectivity index (χ1n) is 10.8. The molecule has 0 unspecified atom stereocenters. The average molecular weight is 406 g/mol. The van der Waals surface area contributed by atoms with Crippen LogP contribution >= 0.6 is 0 Å². The Morgan fingerprint density at radius 2 is 1.80 bits per heavy atom. The summed E-state index contributed by atoms with van der Waals surface area (Å²) in [6.07, 6.45) is 9.81. The fourth-order valence-corrected chi connectivity index (χ4v) is 4.24. The highest BCUT2D eigenvalue weighted by Gasteiger charge is 2.24. The molecule has 0 spiro atoms. The molecule has 3 aromatic rings. The minimum absolute atomic E-state index is 0.177. The van der Waals surface area contributed by atoms with E-state index in [1.165, 1.54) is 0 Å².